The number of benzene rings is 1. The number of Topliss-reactive ketones (excluding diaryl/α,β-unsaturated/α-hetero) is 1. The lowest BCUT2D eigenvalue weighted by atomic mass is 10.00. The topological polar surface area (TPSA) is 50.3 Å². The van der Waals surface area contributed by atoms with Gasteiger partial charge in [-0.15, -0.1) is 0 Å². The Morgan fingerprint density at radius 3 is 2.85 bits per heavy atom. The highest BCUT2D eigenvalue weighted by molar-refractivity contribution is 9.10. The van der Waals surface area contributed by atoms with Gasteiger partial charge in [-0.25, -0.2) is 0 Å². The Bertz CT molecular complexity index is 700. The molecule has 0 atom stereocenters. The number of halogens is 1. The van der Waals surface area contributed by atoms with E-state index in [1.165, 1.54) is 6.20 Å². The van der Waals surface area contributed by atoms with Crippen LogP contribution in [-0.2, 0) is 0 Å². The third kappa shape index (κ3) is 2.25. The van der Waals surface area contributed by atoms with Crippen LogP contribution in [0.25, 0.3) is 0 Å². The predicted octanol–water partition coefficient (Wildman–Crippen LogP) is 3.08. The molecule has 1 aliphatic rings. The lowest BCUT2D eigenvalue weighted by molar-refractivity contribution is 0.0955. The highest BCUT2D eigenvalue weighted by atomic mass is 79.9. The first-order valence-corrected chi connectivity index (χ1v) is 7.01. The number of carbonyl (C=O) groups excluding carboxylic acids is 2. The molecular weight excluding hydrogens is 320 g/mol. The van der Waals surface area contributed by atoms with Crippen LogP contribution in [0.4, 0.5) is 5.69 Å². The van der Waals surface area contributed by atoms with Crippen molar-refractivity contribution in [2.75, 3.05) is 11.4 Å². The summed E-state index contributed by atoms with van der Waals surface area (Å²) in [5, 5.41) is 0. The Morgan fingerprint density at radius 2 is 2.05 bits per heavy atom. The van der Waals surface area contributed by atoms with Crippen molar-refractivity contribution < 1.29 is 9.59 Å². The van der Waals surface area contributed by atoms with Crippen LogP contribution in [0.1, 0.15) is 27.1 Å². The molecule has 3 rings (SSSR count). The highest BCUT2D eigenvalue weighted by Gasteiger charge is 2.27. The number of pyridine rings is 1. The first-order valence-electron chi connectivity index (χ1n) is 6.21. The average molecular weight is 331 g/mol. The van der Waals surface area contributed by atoms with Crippen LogP contribution < -0.4 is 4.90 Å². The lowest BCUT2D eigenvalue weighted by Crippen LogP contribution is -2.37. The molecule has 20 heavy (non-hydrogen) atoms. The number of anilines is 1. The van der Waals surface area contributed by atoms with E-state index >= 15 is 0 Å². The third-order valence-corrected chi connectivity index (χ3v) is 3.69. The fourth-order valence-corrected chi connectivity index (χ4v) is 2.67. The number of aromatic nitrogens is 1. The van der Waals surface area contributed by atoms with Crippen LogP contribution in [0.2, 0.25) is 0 Å². The Morgan fingerprint density at radius 1 is 1.25 bits per heavy atom. The largest absolute Gasteiger partial charge is 0.307 e. The van der Waals surface area contributed by atoms with Gasteiger partial charge >= 0.3 is 0 Å². The van der Waals surface area contributed by atoms with Crippen molar-refractivity contribution >= 4 is 33.3 Å². The van der Waals surface area contributed by atoms with Crippen molar-refractivity contribution in [2.24, 2.45) is 0 Å². The Balaban J connectivity index is 2.01. The molecule has 2 heterocycles. The summed E-state index contributed by atoms with van der Waals surface area (Å²) in [4.78, 5) is 30.1. The minimum Gasteiger partial charge on any atom is -0.307 e. The second kappa shape index (κ2) is 5.17. The minimum atomic E-state index is -0.140. The number of amides is 1. The van der Waals surface area contributed by atoms with Gasteiger partial charge in [0.1, 0.15) is 0 Å². The Labute approximate surface area is 124 Å². The number of carbonyl (C=O) groups is 2. The second-order valence-corrected chi connectivity index (χ2v) is 5.45. The van der Waals surface area contributed by atoms with Crippen molar-refractivity contribution in [1.82, 2.24) is 4.98 Å². The number of para-hydroxylation sites is 1. The van der Waals surface area contributed by atoms with E-state index < -0.39 is 0 Å². The maximum absolute atomic E-state index is 12.6. The van der Waals surface area contributed by atoms with Crippen LogP contribution in [0.3, 0.4) is 0 Å². The van der Waals surface area contributed by atoms with Crippen molar-refractivity contribution in [3.8, 4) is 0 Å². The molecule has 0 N–H and O–H groups in total. The molecule has 0 unspecified atom stereocenters. The van der Waals surface area contributed by atoms with E-state index in [1.54, 1.807) is 29.3 Å². The Hall–Kier alpha value is -2.01. The molecule has 0 spiro atoms. The molecule has 0 fully saturated rings. The van der Waals surface area contributed by atoms with Gasteiger partial charge in [0.25, 0.3) is 5.91 Å². The number of hydrogen-bond donors (Lipinski definition) is 0. The van der Waals surface area contributed by atoms with E-state index in [0.717, 1.165) is 4.47 Å². The van der Waals surface area contributed by atoms with E-state index in [0.29, 0.717) is 29.8 Å². The van der Waals surface area contributed by atoms with Gasteiger partial charge in [-0.2, -0.15) is 0 Å². The molecule has 4 nitrogen and oxygen atoms in total. The van der Waals surface area contributed by atoms with E-state index in [1.807, 2.05) is 12.1 Å². The molecule has 100 valence electrons. The number of nitrogens with zero attached hydrogens (tertiary/aromatic N) is 2. The van der Waals surface area contributed by atoms with Crippen LogP contribution in [-0.4, -0.2) is 23.2 Å². The third-order valence-electron chi connectivity index (χ3n) is 3.25. The van der Waals surface area contributed by atoms with Crippen molar-refractivity contribution in [3.05, 3.63) is 58.3 Å². The quantitative estimate of drug-likeness (QED) is 0.807. The number of hydrogen-bond acceptors (Lipinski definition) is 3. The van der Waals surface area contributed by atoms with Crippen LogP contribution in [0.15, 0.2) is 47.2 Å². The first-order chi connectivity index (χ1) is 9.66. The molecule has 1 amide bonds. The minimum absolute atomic E-state index is 0.0806. The molecular formula is C15H11BrN2O2. The molecule has 2 aromatic rings. The maximum Gasteiger partial charge on any atom is 0.259 e. The summed E-state index contributed by atoms with van der Waals surface area (Å²) in [6, 6.07) is 8.93. The first kappa shape index (κ1) is 13.0. The fraction of sp³-hybridized carbons (Fsp3) is 0.133. The van der Waals surface area contributed by atoms with Crippen molar-refractivity contribution in [3.63, 3.8) is 0 Å². The SMILES string of the molecule is O=C1CCN(C(=O)c2cncc(Br)c2)c2ccccc21. The average Bonchev–Trinajstić information content (AvgIpc) is 2.47. The van der Waals surface area contributed by atoms with Gasteiger partial charge in [0, 0.05) is 35.4 Å². The fourth-order valence-electron chi connectivity index (χ4n) is 2.31. The normalized spacial score (nSPS) is 14.1. The summed E-state index contributed by atoms with van der Waals surface area (Å²) in [5.41, 5.74) is 1.78. The van der Waals surface area contributed by atoms with E-state index in [9.17, 15) is 9.59 Å². The standard InChI is InChI=1S/C15H11BrN2O2/c16-11-7-10(8-17-9-11)15(20)18-6-5-14(19)12-3-1-2-4-13(12)18/h1-4,7-9H,5-6H2. The van der Waals surface area contributed by atoms with Gasteiger partial charge < -0.3 is 4.90 Å². The van der Waals surface area contributed by atoms with Gasteiger partial charge in [-0.3, -0.25) is 14.6 Å². The van der Waals surface area contributed by atoms with Crippen molar-refractivity contribution in [1.29, 1.82) is 0 Å². The number of rotatable bonds is 1. The van der Waals surface area contributed by atoms with Gasteiger partial charge in [0.05, 0.1) is 11.3 Å². The summed E-state index contributed by atoms with van der Waals surface area (Å²) in [5.74, 6) is -0.0595. The van der Waals surface area contributed by atoms with Gasteiger partial charge in [-0.1, -0.05) is 12.1 Å². The zero-order valence-corrected chi connectivity index (χ0v) is 12.1. The van der Waals surface area contributed by atoms with Gasteiger partial charge in [0.15, 0.2) is 5.78 Å². The molecule has 0 saturated carbocycles. The molecule has 1 aliphatic heterocycles. The summed E-state index contributed by atoms with van der Waals surface area (Å²) in [6.45, 7) is 0.404. The predicted molar refractivity (Wildman–Crippen MR) is 79.0 cm³/mol. The number of fused-ring (bicyclic) bond motifs is 1. The maximum atomic E-state index is 12.6. The smallest absolute Gasteiger partial charge is 0.259 e. The zero-order valence-electron chi connectivity index (χ0n) is 10.5. The van der Waals surface area contributed by atoms with E-state index in [4.69, 9.17) is 0 Å². The summed E-state index contributed by atoms with van der Waals surface area (Å²) in [6.07, 6.45) is 3.51. The molecule has 0 bridgehead atoms. The molecule has 1 aromatic heterocycles. The van der Waals surface area contributed by atoms with Gasteiger partial charge in [-0.05, 0) is 34.1 Å². The van der Waals surface area contributed by atoms with Crippen molar-refractivity contribution in [2.45, 2.75) is 6.42 Å². The van der Waals surface area contributed by atoms with Crippen LogP contribution >= 0.6 is 15.9 Å². The van der Waals surface area contributed by atoms with Crippen LogP contribution in [0, 0.1) is 0 Å². The summed E-state index contributed by atoms with van der Waals surface area (Å²) < 4.78 is 0.754. The zero-order chi connectivity index (χ0) is 14.1. The van der Waals surface area contributed by atoms with Gasteiger partial charge in [0.2, 0.25) is 0 Å². The molecule has 5 heteroatoms. The Kier molecular flexibility index (Phi) is 3.36. The summed E-state index contributed by atoms with van der Waals surface area (Å²) >= 11 is 3.31. The molecule has 1 aromatic carbocycles. The van der Waals surface area contributed by atoms with E-state index in [-0.39, 0.29) is 11.7 Å². The second-order valence-electron chi connectivity index (χ2n) is 4.54. The molecule has 0 radical (unpaired) electrons. The number of ketones is 1. The van der Waals surface area contributed by atoms with Crippen LogP contribution in [0.5, 0.6) is 0 Å². The lowest BCUT2D eigenvalue weighted by Gasteiger charge is -2.28. The molecule has 0 saturated heterocycles. The monoisotopic (exact) mass is 330 g/mol. The van der Waals surface area contributed by atoms with E-state index in [2.05, 4.69) is 20.9 Å². The highest BCUT2D eigenvalue weighted by Crippen LogP contribution is 2.28. The molecule has 0 aliphatic carbocycles. The summed E-state index contributed by atoms with van der Waals surface area (Å²) in [7, 11) is 0.